The van der Waals surface area contributed by atoms with Crippen LogP contribution in [-0.2, 0) is 0 Å². The fourth-order valence-electron chi connectivity index (χ4n) is 0.385. The van der Waals surface area contributed by atoms with Crippen LogP contribution >= 0.6 is 0 Å². The Labute approximate surface area is 47.8 Å². The van der Waals surface area contributed by atoms with Gasteiger partial charge >= 0.3 is 0 Å². The third kappa shape index (κ3) is 0.932. The highest BCUT2D eigenvalue weighted by Gasteiger charge is 1.92. The second kappa shape index (κ2) is 1.78. The van der Waals surface area contributed by atoms with Crippen molar-refractivity contribution in [2.24, 2.45) is 10.2 Å². The molecule has 0 spiro atoms. The van der Waals surface area contributed by atoms with Gasteiger partial charge in [-0.05, 0) is 6.92 Å². The maximum atomic E-state index is 3.73. The molecule has 0 aliphatic carbocycles. The lowest BCUT2D eigenvalue weighted by Crippen LogP contribution is -2.04. The monoisotopic (exact) mass is 109 g/mol. The molecule has 0 atom stereocenters. The maximum Gasteiger partial charge on any atom is 0.145 e. The van der Waals surface area contributed by atoms with Crippen LogP contribution in [0.15, 0.2) is 34.5 Å². The highest BCUT2D eigenvalue weighted by atomic mass is 15.2. The fraction of sp³-hybridized carbons (Fsp3) is 0.200. The van der Waals surface area contributed by atoms with Gasteiger partial charge in [-0.1, -0.05) is 6.58 Å². The Hall–Kier alpha value is -1.12. The first kappa shape index (κ1) is 5.03. The predicted octanol–water partition coefficient (Wildman–Crippen LogP) is 1.37. The Bertz CT molecular complexity index is 164. The molecule has 0 aromatic heterocycles. The average Bonchev–Trinajstić information content (AvgIpc) is 1.77. The summed E-state index contributed by atoms with van der Waals surface area (Å²) in [6, 6.07) is 0. The van der Waals surface area contributed by atoms with E-state index in [-0.39, 0.29) is 0 Å². The van der Waals surface area contributed by atoms with Crippen LogP contribution in [0.4, 0.5) is 0 Å². The summed E-state index contributed by atoms with van der Waals surface area (Å²) in [5, 5.41) is 10.2. The van der Waals surface area contributed by atoms with Crippen molar-refractivity contribution in [1.82, 2.24) is 5.32 Å². The number of nitrogens with one attached hydrogen (secondary N) is 1. The minimum Gasteiger partial charge on any atom is -0.344 e. The Kier molecular flexibility index (Phi) is 1.12. The van der Waals surface area contributed by atoms with Crippen LogP contribution in [0.1, 0.15) is 6.92 Å². The quantitative estimate of drug-likeness (QED) is 0.501. The van der Waals surface area contributed by atoms with Gasteiger partial charge in [-0.15, -0.1) is 5.11 Å². The summed E-state index contributed by atoms with van der Waals surface area (Å²) in [4.78, 5) is 0. The van der Waals surface area contributed by atoms with Crippen molar-refractivity contribution in [1.29, 1.82) is 0 Å². The highest BCUT2D eigenvalue weighted by molar-refractivity contribution is 5.05. The lowest BCUT2D eigenvalue weighted by Gasteiger charge is -2.02. The van der Waals surface area contributed by atoms with E-state index in [4.69, 9.17) is 0 Å². The molecule has 1 rings (SSSR count). The lowest BCUT2D eigenvalue weighted by atomic mass is 10.5. The van der Waals surface area contributed by atoms with Crippen LogP contribution in [0.3, 0.4) is 0 Å². The molecule has 0 bridgehead atoms. The van der Waals surface area contributed by atoms with Crippen LogP contribution in [0.25, 0.3) is 0 Å². The second-order valence-electron chi connectivity index (χ2n) is 1.58. The average molecular weight is 109 g/mol. The van der Waals surface area contributed by atoms with Crippen molar-refractivity contribution in [3.05, 3.63) is 24.3 Å². The molecule has 0 aromatic rings. The summed E-state index contributed by atoms with van der Waals surface area (Å²) in [6.45, 7) is 5.40. The van der Waals surface area contributed by atoms with Gasteiger partial charge in [0, 0.05) is 6.20 Å². The van der Waals surface area contributed by atoms with Crippen LogP contribution in [-0.4, -0.2) is 0 Å². The zero-order valence-corrected chi connectivity index (χ0v) is 4.68. The molecule has 0 unspecified atom stereocenters. The summed E-state index contributed by atoms with van der Waals surface area (Å²) < 4.78 is 0. The van der Waals surface area contributed by atoms with Gasteiger partial charge in [0.05, 0.1) is 5.70 Å². The van der Waals surface area contributed by atoms with Crippen LogP contribution in [0.5, 0.6) is 0 Å². The number of rotatable bonds is 0. The number of hydrogen-bond donors (Lipinski definition) is 1. The molecule has 1 N–H and O–H groups in total. The molecule has 0 saturated heterocycles. The number of allylic oxidation sites excluding steroid dienone is 1. The van der Waals surface area contributed by atoms with Gasteiger partial charge in [-0.3, -0.25) is 0 Å². The molecule has 0 saturated carbocycles. The lowest BCUT2D eigenvalue weighted by molar-refractivity contribution is 0.890. The molecule has 3 nitrogen and oxygen atoms in total. The first-order valence-electron chi connectivity index (χ1n) is 2.33. The van der Waals surface area contributed by atoms with E-state index >= 15 is 0 Å². The molecule has 1 aliphatic heterocycles. The third-order valence-electron chi connectivity index (χ3n) is 0.776. The first-order valence-corrected chi connectivity index (χ1v) is 2.33. The van der Waals surface area contributed by atoms with Crippen molar-refractivity contribution in [2.75, 3.05) is 0 Å². The Morgan fingerprint density at radius 2 is 2.38 bits per heavy atom. The molecule has 0 amide bonds. The molecule has 42 valence electrons. The Morgan fingerprint density at radius 1 is 1.62 bits per heavy atom. The Balaban J connectivity index is 2.71. The van der Waals surface area contributed by atoms with E-state index in [0.29, 0.717) is 5.82 Å². The van der Waals surface area contributed by atoms with Crippen molar-refractivity contribution in [3.8, 4) is 0 Å². The summed E-state index contributed by atoms with van der Waals surface area (Å²) in [5.74, 6) is 0.593. The first-order chi connectivity index (χ1) is 3.79. The summed E-state index contributed by atoms with van der Waals surface area (Å²) in [5.41, 5.74) is 0.873. The number of nitrogens with zero attached hydrogens (tertiary/aromatic N) is 2. The number of azo groups is 1. The summed E-state index contributed by atoms with van der Waals surface area (Å²) in [7, 11) is 0. The van der Waals surface area contributed by atoms with Crippen molar-refractivity contribution >= 4 is 0 Å². The molecule has 0 fully saturated rings. The van der Waals surface area contributed by atoms with E-state index in [9.17, 15) is 0 Å². The zero-order chi connectivity index (χ0) is 5.98. The highest BCUT2D eigenvalue weighted by Crippen LogP contribution is 2.02. The SMILES string of the molecule is C=C1N=NC(C)=CN1. The molecule has 3 heteroatoms. The molecular formula is C5H7N3. The van der Waals surface area contributed by atoms with Gasteiger partial charge in [-0.2, -0.15) is 5.11 Å². The zero-order valence-electron chi connectivity index (χ0n) is 4.68. The van der Waals surface area contributed by atoms with E-state index in [0.717, 1.165) is 5.70 Å². The molecule has 1 aliphatic rings. The van der Waals surface area contributed by atoms with Gasteiger partial charge in [0.25, 0.3) is 0 Å². The number of hydrogen-bond acceptors (Lipinski definition) is 3. The fourth-order valence-corrected chi connectivity index (χ4v) is 0.385. The van der Waals surface area contributed by atoms with Crippen LogP contribution in [0, 0.1) is 0 Å². The minimum atomic E-state index is 0.593. The van der Waals surface area contributed by atoms with Gasteiger partial charge in [0.1, 0.15) is 5.82 Å². The van der Waals surface area contributed by atoms with Gasteiger partial charge < -0.3 is 5.32 Å². The van der Waals surface area contributed by atoms with Gasteiger partial charge in [-0.25, -0.2) is 0 Å². The van der Waals surface area contributed by atoms with E-state index in [1.165, 1.54) is 0 Å². The smallest absolute Gasteiger partial charge is 0.145 e. The molecular weight excluding hydrogens is 102 g/mol. The van der Waals surface area contributed by atoms with Crippen LogP contribution < -0.4 is 5.32 Å². The normalized spacial score (nSPS) is 17.6. The predicted molar refractivity (Wildman–Crippen MR) is 30.9 cm³/mol. The van der Waals surface area contributed by atoms with E-state index < -0.39 is 0 Å². The van der Waals surface area contributed by atoms with Gasteiger partial charge in [0.15, 0.2) is 0 Å². The molecule has 0 aromatic carbocycles. The van der Waals surface area contributed by atoms with Crippen molar-refractivity contribution in [3.63, 3.8) is 0 Å². The van der Waals surface area contributed by atoms with Crippen molar-refractivity contribution < 1.29 is 0 Å². The van der Waals surface area contributed by atoms with E-state index in [1.54, 1.807) is 6.20 Å². The van der Waals surface area contributed by atoms with Crippen LogP contribution in [0.2, 0.25) is 0 Å². The topological polar surface area (TPSA) is 36.8 Å². The summed E-state index contributed by atoms with van der Waals surface area (Å²) >= 11 is 0. The second-order valence-corrected chi connectivity index (χ2v) is 1.58. The molecule has 1 heterocycles. The molecule has 0 radical (unpaired) electrons. The molecule has 8 heavy (non-hydrogen) atoms. The minimum absolute atomic E-state index is 0.593. The Morgan fingerprint density at radius 3 is 2.75 bits per heavy atom. The van der Waals surface area contributed by atoms with E-state index in [1.807, 2.05) is 6.92 Å². The van der Waals surface area contributed by atoms with Crippen molar-refractivity contribution in [2.45, 2.75) is 6.92 Å². The van der Waals surface area contributed by atoms with Gasteiger partial charge in [0.2, 0.25) is 0 Å². The third-order valence-corrected chi connectivity index (χ3v) is 0.776. The van der Waals surface area contributed by atoms with E-state index in [2.05, 4.69) is 22.1 Å². The standard InChI is InChI=1S/C5H7N3/c1-4-3-6-5(2)8-7-4/h3,6H,2H2,1H3. The summed E-state index contributed by atoms with van der Waals surface area (Å²) in [6.07, 6.45) is 1.76. The maximum absolute atomic E-state index is 3.73. The largest absolute Gasteiger partial charge is 0.344 e.